The van der Waals surface area contributed by atoms with Gasteiger partial charge in [0.2, 0.25) is 5.91 Å². The molecule has 2 amide bonds. The second-order valence-corrected chi connectivity index (χ2v) is 6.04. The van der Waals surface area contributed by atoms with E-state index >= 15 is 0 Å². The third-order valence-electron chi connectivity index (χ3n) is 4.08. The first-order valence-electron chi connectivity index (χ1n) is 8.34. The van der Waals surface area contributed by atoms with Crippen LogP contribution in [-0.2, 0) is 11.3 Å². The molecule has 1 heterocycles. The standard InChI is InChI=1S/C20H20N4O2/c1-14-16-10-6-7-11-17(16)23-18(22-14)13-24(2)19(25)12-21-20(26)15-8-4-3-5-9-15/h3-11H,12-13H2,1-2H3,(H,21,26). The molecule has 2 aromatic carbocycles. The van der Waals surface area contributed by atoms with Crippen LogP contribution in [0.25, 0.3) is 10.9 Å². The van der Waals surface area contributed by atoms with Gasteiger partial charge in [0, 0.05) is 23.7 Å². The van der Waals surface area contributed by atoms with Gasteiger partial charge in [-0.15, -0.1) is 0 Å². The number of likely N-dealkylation sites (N-methyl/N-ethyl adjacent to an activating group) is 1. The third-order valence-corrected chi connectivity index (χ3v) is 4.08. The van der Waals surface area contributed by atoms with Crippen molar-refractivity contribution in [3.8, 4) is 0 Å². The first-order chi connectivity index (χ1) is 12.5. The summed E-state index contributed by atoms with van der Waals surface area (Å²) >= 11 is 0. The van der Waals surface area contributed by atoms with Crippen molar-refractivity contribution in [3.05, 3.63) is 71.7 Å². The molecule has 0 fully saturated rings. The van der Waals surface area contributed by atoms with Crippen LogP contribution in [0.2, 0.25) is 0 Å². The number of carbonyl (C=O) groups is 2. The SMILES string of the molecule is Cc1nc(CN(C)C(=O)CNC(=O)c2ccccc2)nc2ccccc12. The van der Waals surface area contributed by atoms with Gasteiger partial charge in [-0.25, -0.2) is 9.97 Å². The van der Waals surface area contributed by atoms with Gasteiger partial charge >= 0.3 is 0 Å². The number of hydrogen-bond donors (Lipinski definition) is 1. The Kier molecular flexibility index (Phi) is 5.22. The normalized spacial score (nSPS) is 10.5. The quantitative estimate of drug-likeness (QED) is 0.768. The van der Waals surface area contributed by atoms with Gasteiger partial charge in [-0.1, -0.05) is 36.4 Å². The summed E-state index contributed by atoms with van der Waals surface area (Å²) in [5.74, 6) is 0.0975. The first-order valence-corrected chi connectivity index (χ1v) is 8.34. The number of carbonyl (C=O) groups excluding carboxylic acids is 2. The van der Waals surface area contributed by atoms with Gasteiger partial charge in [0.15, 0.2) is 0 Å². The van der Waals surface area contributed by atoms with Crippen LogP contribution in [0.1, 0.15) is 21.9 Å². The van der Waals surface area contributed by atoms with E-state index in [0.717, 1.165) is 16.6 Å². The van der Waals surface area contributed by atoms with Crippen LogP contribution in [-0.4, -0.2) is 40.3 Å². The summed E-state index contributed by atoms with van der Waals surface area (Å²) in [6.07, 6.45) is 0. The molecular weight excluding hydrogens is 328 g/mol. The van der Waals surface area contributed by atoms with E-state index in [9.17, 15) is 9.59 Å². The highest BCUT2D eigenvalue weighted by atomic mass is 16.2. The van der Waals surface area contributed by atoms with E-state index in [-0.39, 0.29) is 24.9 Å². The van der Waals surface area contributed by atoms with Gasteiger partial charge in [-0.2, -0.15) is 0 Å². The zero-order valence-electron chi connectivity index (χ0n) is 14.8. The Balaban J connectivity index is 1.61. The van der Waals surface area contributed by atoms with E-state index in [4.69, 9.17) is 0 Å². The molecule has 0 spiro atoms. The van der Waals surface area contributed by atoms with Crippen LogP contribution >= 0.6 is 0 Å². The Hall–Kier alpha value is -3.28. The van der Waals surface area contributed by atoms with E-state index in [2.05, 4.69) is 15.3 Å². The second kappa shape index (κ2) is 7.74. The molecule has 0 aliphatic heterocycles. The number of hydrogen-bond acceptors (Lipinski definition) is 4. The van der Waals surface area contributed by atoms with E-state index in [1.807, 2.05) is 37.3 Å². The lowest BCUT2D eigenvalue weighted by atomic mass is 10.2. The number of fused-ring (bicyclic) bond motifs is 1. The number of benzene rings is 2. The Morgan fingerprint density at radius 1 is 1.00 bits per heavy atom. The predicted octanol–water partition coefficient (Wildman–Crippen LogP) is 2.33. The average Bonchev–Trinajstić information content (AvgIpc) is 2.66. The molecule has 26 heavy (non-hydrogen) atoms. The van der Waals surface area contributed by atoms with Crippen molar-refractivity contribution < 1.29 is 9.59 Å². The number of nitrogens with zero attached hydrogens (tertiary/aromatic N) is 3. The molecule has 0 aliphatic rings. The van der Waals surface area contributed by atoms with Gasteiger partial charge in [0.25, 0.3) is 5.91 Å². The summed E-state index contributed by atoms with van der Waals surface area (Å²) in [5.41, 5.74) is 2.26. The first kappa shape index (κ1) is 17.5. The minimum Gasteiger partial charge on any atom is -0.343 e. The summed E-state index contributed by atoms with van der Waals surface area (Å²) in [6, 6.07) is 16.6. The van der Waals surface area contributed by atoms with Gasteiger partial charge < -0.3 is 10.2 Å². The van der Waals surface area contributed by atoms with Crippen LogP contribution in [0.3, 0.4) is 0 Å². The summed E-state index contributed by atoms with van der Waals surface area (Å²) < 4.78 is 0. The van der Waals surface area contributed by atoms with E-state index in [1.54, 1.807) is 31.3 Å². The molecule has 0 atom stereocenters. The summed E-state index contributed by atoms with van der Waals surface area (Å²) in [5, 5.41) is 3.64. The predicted molar refractivity (Wildman–Crippen MR) is 99.5 cm³/mol. The molecule has 3 rings (SSSR count). The molecular formula is C20H20N4O2. The monoisotopic (exact) mass is 348 g/mol. The average molecular weight is 348 g/mol. The summed E-state index contributed by atoms with van der Waals surface area (Å²) in [7, 11) is 1.67. The molecule has 3 aromatic rings. The highest BCUT2D eigenvalue weighted by molar-refractivity contribution is 5.96. The Labute approximate surface area is 151 Å². The minimum atomic E-state index is -0.273. The molecule has 0 aliphatic carbocycles. The summed E-state index contributed by atoms with van der Waals surface area (Å²) in [6.45, 7) is 2.14. The van der Waals surface area contributed by atoms with Crippen molar-refractivity contribution >= 4 is 22.7 Å². The minimum absolute atomic E-state index is 0.0726. The fraction of sp³-hybridized carbons (Fsp3) is 0.200. The molecule has 0 saturated carbocycles. The van der Waals surface area contributed by atoms with Crippen LogP contribution in [0.15, 0.2) is 54.6 Å². The lowest BCUT2D eigenvalue weighted by Crippen LogP contribution is -2.38. The van der Waals surface area contributed by atoms with Crippen molar-refractivity contribution in [1.82, 2.24) is 20.2 Å². The highest BCUT2D eigenvalue weighted by Crippen LogP contribution is 2.15. The van der Waals surface area contributed by atoms with Crippen LogP contribution in [0.4, 0.5) is 0 Å². The second-order valence-electron chi connectivity index (χ2n) is 6.04. The highest BCUT2D eigenvalue weighted by Gasteiger charge is 2.14. The maximum Gasteiger partial charge on any atom is 0.251 e. The topological polar surface area (TPSA) is 75.2 Å². The zero-order chi connectivity index (χ0) is 18.5. The fourth-order valence-electron chi connectivity index (χ4n) is 2.65. The molecule has 1 N–H and O–H groups in total. The van der Waals surface area contributed by atoms with Crippen molar-refractivity contribution in [2.24, 2.45) is 0 Å². The van der Waals surface area contributed by atoms with Gasteiger partial charge in [-0.05, 0) is 25.1 Å². The van der Waals surface area contributed by atoms with Gasteiger partial charge in [0.1, 0.15) is 5.82 Å². The lowest BCUT2D eigenvalue weighted by molar-refractivity contribution is -0.129. The van der Waals surface area contributed by atoms with Crippen molar-refractivity contribution in [2.45, 2.75) is 13.5 Å². The van der Waals surface area contributed by atoms with Crippen molar-refractivity contribution in [2.75, 3.05) is 13.6 Å². The maximum atomic E-state index is 12.3. The van der Waals surface area contributed by atoms with Crippen molar-refractivity contribution in [1.29, 1.82) is 0 Å². The molecule has 132 valence electrons. The largest absolute Gasteiger partial charge is 0.343 e. The van der Waals surface area contributed by atoms with Gasteiger partial charge in [-0.3, -0.25) is 9.59 Å². The molecule has 1 aromatic heterocycles. The molecule has 0 saturated heterocycles. The van der Waals surface area contributed by atoms with Crippen LogP contribution in [0, 0.1) is 6.92 Å². The van der Waals surface area contributed by atoms with Gasteiger partial charge in [0.05, 0.1) is 18.6 Å². The smallest absolute Gasteiger partial charge is 0.251 e. The fourth-order valence-corrected chi connectivity index (χ4v) is 2.65. The van der Waals surface area contributed by atoms with E-state index < -0.39 is 0 Å². The number of rotatable bonds is 5. The number of para-hydroxylation sites is 1. The third kappa shape index (κ3) is 4.03. The zero-order valence-corrected chi connectivity index (χ0v) is 14.8. The van der Waals surface area contributed by atoms with E-state index in [0.29, 0.717) is 11.4 Å². The number of nitrogens with one attached hydrogen (secondary N) is 1. The molecule has 6 nitrogen and oxygen atoms in total. The Bertz CT molecular complexity index is 941. The number of aryl methyl sites for hydroxylation is 1. The molecule has 0 radical (unpaired) electrons. The Morgan fingerprint density at radius 3 is 2.46 bits per heavy atom. The van der Waals surface area contributed by atoms with Crippen LogP contribution < -0.4 is 5.32 Å². The lowest BCUT2D eigenvalue weighted by Gasteiger charge is -2.17. The van der Waals surface area contributed by atoms with Crippen molar-refractivity contribution in [3.63, 3.8) is 0 Å². The number of amides is 2. The molecule has 0 bridgehead atoms. The van der Waals surface area contributed by atoms with Crippen LogP contribution in [0.5, 0.6) is 0 Å². The molecule has 6 heteroatoms. The maximum absolute atomic E-state index is 12.3. The Morgan fingerprint density at radius 2 is 1.69 bits per heavy atom. The van der Waals surface area contributed by atoms with E-state index in [1.165, 1.54) is 4.90 Å². The molecule has 0 unspecified atom stereocenters. The summed E-state index contributed by atoms with van der Waals surface area (Å²) in [4.78, 5) is 34.8. The number of aromatic nitrogens is 2.